The number of H-pyrrole nitrogens is 1. The zero-order chi connectivity index (χ0) is 11.3. The molecule has 0 saturated heterocycles. The molecule has 0 aliphatic carbocycles. The predicted octanol–water partition coefficient (Wildman–Crippen LogP) is 0.414. The Hall–Kier alpha value is -2.11. The number of aromatic carboxylic acids is 1. The van der Waals surface area contributed by atoms with Crippen LogP contribution in [0.1, 0.15) is 27.4 Å². The van der Waals surface area contributed by atoms with Crippen LogP contribution in [0.25, 0.3) is 0 Å². The third-order valence-corrected chi connectivity index (χ3v) is 1.70. The molecule has 6 heteroatoms. The summed E-state index contributed by atoms with van der Waals surface area (Å²) >= 11 is 0. The van der Waals surface area contributed by atoms with Crippen molar-refractivity contribution in [2.24, 2.45) is 0 Å². The Morgan fingerprint density at radius 2 is 2.40 bits per heavy atom. The second-order valence-electron chi connectivity index (χ2n) is 2.76. The molecular formula is C9H11N3O3. The van der Waals surface area contributed by atoms with Gasteiger partial charge in [0.1, 0.15) is 0 Å². The molecule has 0 atom stereocenters. The molecular weight excluding hydrogens is 198 g/mol. The number of nitrogens with zero attached hydrogens (tertiary/aromatic N) is 1. The van der Waals surface area contributed by atoms with Crippen LogP contribution in [-0.2, 0) is 0 Å². The van der Waals surface area contributed by atoms with Crippen LogP contribution in [0.2, 0.25) is 0 Å². The van der Waals surface area contributed by atoms with Gasteiger partial charge in [0.25, 0.3) is 5.91 Å². The van der Waals surface area contributed by atoms with Crippen LogP contribution in [0.5, 0.6) is 0 Å². The van der Waals surface area contributed by atoms with E-state index in [1.165, 1.54) is 6.33 Å². The van der Waals surface area contributed by atoms with Gasteiger partial charge in [0.15, 0.2) is 11.4 Å². The summed E-state index contributed by atoms with van der Waals surface area (Å²) in [6.45, 7) is 3.91. The number of carboxylic acid groups (broad SMARTS) is 1. The van der Waals surface area contributed by atoms with E-state index in [1.54, 1.807) is 6.08 Å². The zero-order valence-corrected chi connectivity index (χ0v) is 7.99. The molecule has 15 heavy (non-hydrogen) atoms. The molecule has 80 valence electrons. The molecule has 0 fully saturated rings. The lowest BCUT2D eigenvalue weighted by atomic mass is 10.3. The molecule has 0 saturated carbocycles. The summed E-state index contributed by atoms with van der Waals surface area (Å²) < 4.78 is 0. The summed E-state index contributed by atoms with van der Waals surface area (Å²) in [7, 11) is 0. The van der Waals surface area contributed by atoms with Crippen molar-refractivity contribution >= 4 is 11.9 Å². The van der Waals surface area contributed by atoms with E-state index in [-0.39, 0.29) is 11.4 Å². The Morgan fingerprint density at radius 3 is 3.00 bits per heavy atom. The normalized spacial score (nSPS) is 9.60. The lowest BCUT2D eigenvalue weighted by Crippen LogP contribution is -2.26. The Labute approximate surface area is 86.0 Å². The van der Waals surface area contributed by atoms with E-state index in [4.69, 9.17) is 5.11 Å². The molecule has 0 aromatic carbocycles. The Balaban J connectivity index is 2.69. The molecule has 1 aromatic rings. The van der Waals surface area contributed by atoms with Crippen LogP contribution >= 0.6 is 0 Å². The fourth-order valence-electron chi connectivity index (χ4n) is 1.00. The van der Waals surface area contributed by atoms with E-state index >= 15 is 0 Å². The van der Waals surface area contributed by atoms with Crippen LogP contribution in [0, 0.1) is 0 Å². The van der Waals surface area contributed by atoms with Crippen molar-refractivity contribution in [2.75, 3.05) is 6.54 Å². The van der Waals surface area contributed by atoms with Crippen LogP contribution in [0.15, 0.2) is 19.0 Å². The third-order valence-electron chi connectivity index (χ3n) is 1.70. The van der Waals surface area contributed by atoms with Crippen LogP contribution in [0.3, 0.4) is 0 Å². The number of hydrogen-bond donors (Lipinski definition) is 3. The number of carbonyl (C=O) groups is 2. The largest absolute Gasteiger partial charge is 0.477 e. The topological polar surface area (TPSA) is 95.1 Å². The number of imidazole rings is 1. The number of hydrogen-bond acceptors (Lipinski definition) is 3. The van der Waals surface area contributed by atoms with Crippen molar-refractivity contribution in [3.8, 4) is 0 Å². The highest BCUT2D eigenvalue weighted by Gasteiger charge is 2.18. The van der Waals surface area contributed by atoms with Gasteiger partial charge < -0.3 is 15.4 Å². The highest BCUT2D eigenvalue weighted by atomic mass is 16.4. The average molecular weight is 209 g/mol. The maximum atomic E-state index is 11.4. The van der Waals surface area contributed by atoms with Crippen molar-refractivity contribution in [1.29, 1.82) is 0 Å². The Kier molecular flexibility index (Phi) is 3.61. The number of aromatic amines is 1. The van der Waals surface area contributed by atoms with E-state index in [0.717, 1.165) is 0 Å². The summed E-state index contributed by atoms with van der Waals surface area (Å²) in [5.74, 6) is -1.71. The van der Waals surface area contributed by atoms with Gasteiger partial charge in [-0.15, -0.1) is 6.58 Å². The van der Waals surface area contributed by atoms with Gasteiger partial charge >= 0.3 is 5.97 Å². The van der Waals surface area contributed by atoms with Gasteiger partial charge in [-0.25, -0.2) is 9.78 Å². The number of carbonyl (C=O) groups excluding carboxylic acids is 1. The summed E-state index contributed by atoms with van der Waals surface area (Å²) in [6, 6.07) is 0. The van der Waals surface area contributed by atoms with Crippen molar-refractivity contribution < 1.29 is 14.7 Å². The second-order valence-corrected chi connectivity index (χ2v) is 2.76. The summed E-state index contributed by atoms with van der Waals surface area (Å²) in [5, 5.41) is 11.2. The quantitative estimate of drug-likeness (QED) is 0.483. The van der Waals surface area contributed by atoms with Crippen molar-refractivity contribution in [3.05, 3.63) is 30.4 Å². The van der Waals surface area contributed by atoms with Gasteiger partial charge in [-0.1, -0.05) is 6.08 Å². The fraction of sp³-hybridized carbons (Fsp3) is 0.222. The standard InChI is InChI=1S/C9H11N3O3/c1-2-3-4-10-8(13)6-7(9(14)15)12-5-11-6/h2,5H,1,3-4H2,(H,10,13)(H,11,12)(H,14,15). The van der Waals surface area contributed by atoms with Crippen LogP contribution in [0.4, 0.5) is 0 Å². The predicted molar refractivity (Wildman–Crippen MR) is 52.7 cm³/mol. The second kappa shape index (κ2) is 4.94. The zero-order valence-electron chi connectivity index (χ0n) is 7.99. The summed E-state index contributed by atoms with van der Waals surface area (Å²) in [4.78, 5) is 28.1. The van der Waals surface area contributed by atoms with Crippen LogP contribution in [-0.4, -0.2) is 33.5 Å². The van der Waals surface area contributed by atoms with Gasteiger partial charge in [0.05, 0.1) is 6.33 Å². The van der Waals surface area contributed by atoms with E-state index in [1.807, 2.05) is 0 Å². The molecule has 3 N–H and O–H groups in total. The smallest absolute Gasteiger partial charge is 0.354 e. The molecule has 1 rings (SSSR count). The van der Waals surface area contributed by atoms with Gasteiger partial charge in [0, 0.05) is 6.54 Å². The summed E-state index contributed by atoms with van der Waals surface area (Å²) in [5.41, 5.74) is -0.308. The minimum absolute atomic E-state index is 0.105. The van der Waals surface area contributed by atoms with E-state index in [2.05, 4.69) is 21.9 Å². The monoisotopic (exact) mass is 209 g/mol. The number of nitrogens with one attached hydrogen (secondary N) is 2. The van der Waals surface area contributed by atoms with Gasteiger partial charge in [-0.05, 0) is 6.42 Å². The maximum Gasteiger partial charge on any atom is 0.354 e. The number of amides is 1. The third kappa shape index (κ3) is 2.67. The van der Waals surface area contributed by atoms with E-state index in [9.17, 15) is 9.59 Å². The molecule has 0 unspecified atom stereocenters. The molecule has 0 aliphatic heterocycles. The van der Waals surface area contributed by atoms with Crippen LogP contribution < -0.4 is 5.32 Å². The van der Waals surface area contributed by atoms with E-state index < -0.39 is 11.9 Å². The first-order valence-corrected chi connectivity index (χ1v) is 4.32. The Bertz CT molecular complexity index is 384. The fourth-order valence-corrected chi connectivity index (χ4v) is 1.00. The van der Waals surface area contributed by atoms with Gasteiger partial charge in [-0.2, -0.15) is 0 Å². The molecule has 1 heterocycles. The lowest BCUT2D eigenvalue weighted by molar-refractivity contribution is 0.0685. The number of rotatable bonds is 5. The molecule has 0 bridgehead atoms. The molecule has 0 aliphatic rings. The number of carboxylic acids is 1. The van der Waals surface area contributed by atoms with Gasteiger partial charge in [-0.3, -0.25) is 4.79 Å². The molecule has 0 spiro atoms. The van der Waals surface area contributed by atoms with Crippen molar-refractivity contribution in [2.45, 2.75) is 6.42 Å². The minimum atomic E-state index is -1.21. The SMILES string of the molecule is C=CCCNC(=O)c1nc[nH]c1C(=O)O. The van der Waals surface area contributed by atoms with Crippen molar-refractivity contribution in [1.82, 2.24) is 15.3 Å². The molecule has 0 radical (unpaired) electrons. The average Bonchev–Trinajstić information content (AvgIpc) is 2.66. The first-order chi connectivity index (χ1) is 7.16. The highest BCUT2D eigenvalue weighted by Crippen LogP contribution is 2.02. The first-order valence-electron chi connectivity index (χ1n) is 4.32. The molecule has 1 aromatic heterocycles. The Morgan fingerprint density at radius 1 is 1.67 bits per heavy atom. The lowest BCUT2D eigenvalue weighted by Gasteiger charge is -2.00. The molecule has 6 nitrogen and oxygen atoms in total. The van der Waals surface area contributed by atoms with E-state index in [0.29, 0.717) is 13.0 Å². The molecule has 1 amide bonds. The van der Waals surface area contributed by atoms with Gasteiger partial charge in [0.2, 0.25) is 0 Å². The first kappa shape index (κ1) is 11.0. The minimum Gasteiger partial charge on any atom is -0.477 e. The van der Waals surface area contributed by atoms with Crippen molar-refractivity contribution in [3.63, 3.8) is 0 Å². The highest BCUT2D eigenvalue weighted by molar-refractivity contribution is 6.02. The summed E-state index contributed by atoms with van der Waals surface area (Å²) in [6.07, 6.45) is 3.45. The maximum absolute atomic E-state index is 11.4. The number of aromatic nitrogens is 2.